The highest BCUT2D eigenvalue weighted by atomic mass is 19.1. The van der Waals surface area contributed by atoms with Gasteiger partial charge in [0.15, 0.2) is 5.75 Å². The molecule has 0 heterocycles. The monoisotopic (exact) mass is 267 g/mol. The highest BCUT2D eigenvalue weighted by molar-refractivity contribution is 5.46. The maximum absolute atomic E-state index is 13.0. The van der Waals surface area contributed by atoms with Gasteiger partial charge in [0.2, 0.25) is 0 Å². The predicted molar refractivity (Wildman–Crippen MR) is 66.2 cm³/mol. The van der Waals surface area contributed by atoms with Crippen molar-refractivity contribution in [2.75, 3.05) is 13.7 Å². The van der Waals surface area contributed by atoms with Gasteiger partial charge in [-0.15, -0.1) is 0 Å². The minimum Gasteiger partial charge on any atom is -0.487 e. The first-order valence-corrected chi connectivity index (χ1v) is 5.59. The molecule has 0 saturated carbocycles. The molecule has 0 spiro atoms. The highest BCUT2D eigenvalue weighted by Crippen LogP contribution is 2.27. The number of hydrogen-bond acceptors (Lipinski definition) is 5. The molecule has 0 radical (unpaired) electrons. The summed E-state index contributed by atoms with van der Waals surface area (Å²) in [6.07, 6.45) is 0.313. The molecule has 0 fully saturated rings. The minimum absolute atomic E-state index is 0.0647. The third-order valence-electron chi connectivity index (χ3n) is 2.78. The van der Waals surface area contributed by atoms with Crippen LogP contribution in [0.3, 0.4) is 0 Å². The Labute approximate surface area is 109 Å². The van der Waals surface area contributed by atoms with E-state index in [9.17, 15) is 14.5 Å². The maximum Gasteiger partial charge on any atom is 0.311 e. The van der Waals surface area contributed by atoms with Gasteiger partial charge in [0.1, 0.15) is 11.4 Å². The molecular weight excluding hydrogens is 253 g/mol. The summed E-state index contributed by atoms with van der Waals surface area (Å²) in [4.78, 5) is 10.1. The van der Waals surface area contributed by atoms with Gasteiger partial charge in [0.05, 0.1) is 17.6 Å². The highest BCUT2D eigenvalue weighted by Gasteiger charge is 2.22. The zero-order valence-corrected chi connectivity index (χ0v) is 10.6. The van der Waals surface area contributed by atoms with Gasteiger partial charge in [-0.25, -0.2) is 4.39 Å². The number of halogens is 1. The van der Waals surface area contributed by atoms with E-state index in [1.54, 1.807) is 14.0 Å². The van der Waals surface area contributed by atoms with E-state index in [2.05, 4.69) is 11.4 Å². The number of nitriles is 1. The fourth-order valence-electron chi connectivity index (χ4n) is 1.36. The number of hydrogen-bond donors (Lipinski definition) is 1. The van der Waals surface area contributed by atoms with Gasteiger partial charge in [0.25, 0.3) is 0 Å². The van der Waals surface area contributed by atoms with Gasteiger partial charge in [-0.2, -0.15) is 5.26 Å². The lowest BCUT2D eigenvalue weighted by Crippen LogP contribution is -2.39. The third kappa shape index (κ3) is 3.89. The number of rotatable bonds is 6. The van der Waals surface area contributed by atoms with Crippen LogP contribution >= 0.6 is 0 Å². The molecule has 19 heavy (non-hydrogen) atoms. The van der Waals surface area contributed by atoms with Gasteiger partial charge in [-0.05, 0) is 20.0 Å². The zero-order chi connectivity index (χ0) is 14.5. The molecule has 0 bridgehead atoms. The Kier molecular flexibility index (Phi) is 4.78. The number of nitrogens with one attached hydrogen (secondary N) is 1. The van der Waals surface area contributed by atoms with Gasteiger partial charge >= 0.3 is 5.69 Å². The molecule has 0 aliphatic rings. The van der Waals surface area contributed by atoms with E-state index in [1.165, 1.54) is 0 Å². The Bertz CT molecular complexity index is 515. The number of nitrogens with zero attached hydrogens (tertiary/aromatic N) is 2. The van der Waals surface area contributed by atoms with Crippen molar-refractivity contribution in [2.45, 2.75) is 18.9 Å². The van der Waals surface area contributed by atoms with Crippen molar-refractivity contribution in [1.82, 2.24) is 5.32 Å². The van der Waals surface area contributed by atoms with Crippen LogP contribution in [0.2, 0.25) is 0 Å². The molecule has 1 rings (SSSR count). The fourth-order valence-corrected chi connectivity index (χ4v) is 1.36. The zero-order valence-electron chi connectivity index (χ0n) is 10.6. The van der Waals surface area contributed by atoms with Crippen molar-refractivity contribution in [3.05, 3.63) is 34.1 Å². The van der Waals surface area contributed by atoms with Gasteiger partial charge in [0, 0.05) is 18.6 Å². The largest absolute Gasteiger partial charge is 0.487 e. The molecule has 102 valence electrons. The Hall–Kier alpha value is -2.20. The topological polar surface area (TPSA) is 88.2 Å². The van der Waals surface area contributed by atoms with Crippen LogP contribution in [-0.4, -0.2) is 24.1 Å². The predicted octanol–water partition coefficient (Wildman–Crippen LogP) is 2.00. The molecule has 0 aliphatic heterocycles. The molecule has 0 amide bonds. The van der Waals surface area contributed by atoms with Crippen LogP contribution in [-0.2, 0) is 0 Å². The summed E-state index contributed by atoms with van der Waals surface area (Å²) in [5, 5.41) is 22.5. The average Bonchev–Trinajstić information content (AvgIpc) is 2.38. The van der Waals surface area contributed by atoms with E-state index in [0.29, 0.717) is 6.42 Å². The maximum atomic E-state index is 13.0. The van der Waals surface area contributed by atoms with Crippen LogP contribution < -0.4 is 10.1 Å². The minimum atomic E-state index is -0.790. The first-order valence-electron chi connectivity index (χ1n) is 5.59. The number of ether oxygens (including phenoxy) is 1. The summed E-state index contributed by atoms with van der Waals surface area (Å²) in [6.45, 7) is 1.74. The summed E-state index contributed by atoms with van der Waals surface area (Å²) >= 11 is 0. The Morgan fingerprint density at radius 1 is 1.63 bits per heavy atom. The average molecular weight is 267 g/mol. The van der Waals surface area contributed by atoms with Crippen LogP contribution in [0.15, 0.2) is 18.2 Å². The number of nitro groups is 1. The second-order valence-corrected chi connectivity index (χ2v) is 4.16. The molecule has 1 unspecified atom stereocenters. The lowest BCUT2D eigenvalue weighted by molar-refractivity contribution is -0.385. The lowest BCUT2D eigenvalue weighted by Gasteiger charge is -2.20. The fraction of sp³-hybridized carbons (Fsp3) is 0.417. The van der Waals surface area contributed by atoms with Crippen molar-refractivity contribution in [2.24, 2.45) is 0 Å². The lowest BCUT2D eigenvalue weighted by atomic mass is 10.0. The van der Waals surface area contributed by atoms with Crippen LogP contribution in [0.1, 0.15) is 13.3 Å². The summed E-state index contributed by atoms with van der Waals surface area (Å²) in [5.74, 6) is -0.751. The summed E-state index contributed by atoms with van der Waals surface area (Å²) < 4.78 is 18.2. The normalized spacial score (nSPS) is 13.4. The van der Waals surface area contributed by atoms with E-state index >= 15 is 0 Å². The van der Waals surface area contributed by atoms with Gasteiger partial charge in [-0.1, -0.05) is 0 Å². The molecule has 1 atom stereocenters. The molecule has 7 heteroatoms. The summed E-state index contributed by atoms with van der Waals surface area (Å²) in [6, 6.07) is 5.07. The Balaban J connectivity index is 2.76. The third-order valence-corrected chi connectivity index (χ3v) is 2.78. The first kappa shape index (κ1) is 14.9. The molecule has 6 nitrogen and oxygen atoms in total. The quantitative estimate of drug-likeness (QED) is 0.629. The van der Waals surface area contributed by atoms with E-state index in [-0.39, 0.29) is 18.0 Å². The second kappa shape index (κ2) is 6.11. The number of benzene rings is 1. The SMILES string of the molecule is CNC(C)(C#N)CCOc1cc(F)ccc1[N+](=O)[O-]. The Morgan fingerprint density at radius 2 is 2.32 bits per heavy atom. The van der Waals surface area contributed by atoms with E-state index < -0.39 is 16.3 Å². The van der Waals surface area contributed by atoms with Crippen molar-refractivity contribution in [3.8, 4) is 11.8 Å². The van der Waals surface area contributed by atoms with Crippen molar-refractivity contribution >= 4 is 5.69 Å². The van der Waals surface area contributed by atoms with Crippen molar-refractivity contribution < 1.29 is 14.1 Å². The molecule has 0 aliphatic carbocycles. The van der Waals surface area contributed by atoms with Crippen molar-refractivity contribution in [3.63, 3.8) is 0 Å². The molecule has 0 aromatic heterocycles. The Morgan fingerprint density at radius 3 is 2.84 bits per heavy atom. The summed E-state index contributed by atoms with van der Waals surface area (Å²) in [5.41, 5.74) is -1.09. The molecular formula is C12H14FN3O3. The van der Waals surface area contributed by atoms with Gasteiger partial charge in [-0.3, -0.25) is 10.1 Å². The molecule has 1 aromatic carbocycles. The first-order chi connectivity index (χ1) is 8.91. The van der Waals surface area contributed by atoms with E-state index in [0.717, 1.165) is 18.2 Å². The molecule has 1 N–H and O–H groups in total. The van der Waals surface area contributed by atoms with Crippen LogP contribution in [0.5, 0.6) is 5.75 Å². The standard InChI is InChI=1S/C12H14FN3O3/c1-12(8-14,15-2)5-6-19-11-7-9(13)3-4-10(11)16(17)18/h3-4,7,15H,5-6H2,1-2H3. The van der Waals surface area contributed by atoms with Crippen molar-refractivity contribution in [1.29, 1.82) is 5.26 Å². The van der Waals surface area contributed by atoms with Gasteiger partial charge < -0.3 is 10.1 Å². The smallest absolute Gasteiger partial charge is 0.311 e. The summed E-state index contributed by atoms with van der Waals surface area (Å²) in [7, 11) is 1.63. The molecule has 1 aromatic rings. The number of nitro benzene ring substituents is 1. The van der Waals surface area contributed by atoms with E-state index in [1.807, 2.05) is 0 Å². The van der Waals surface area contributed by atoms with Crippen LogP contribution in [0.4, 0.5) is 10.1 Å². The van der Waals surface area contributed by atoms with Crippen LogP contribution in [0, 0.1) is 27.3 Å². The van der Waals surface area contributed by atoms with Crippen LogP contribution in [0.25, 0.3) is 0 Å². The molecule has 0 saturated heterocycles. The second-order valence-electron chi connectivity index (χ2n) is 4.16. The van der Waals surface area contributed by atoms with E-state index in [4.69, 9.17) is 10.00 Å².